The van der Waals surface area contributed by atoms with Crippen LogP contribution < -0.4 is 5.32 Å². The standard InChI is InChI=1S/C16H22ClN3/c1-4-16-14(11-20(3)19-16)10-18-12(2)8-13-6-5-7-15(17)9-13/h5-7,9,11-12,18H,4,8,10H2,1-3H3. The fourth-order valence-electron chi connectivity index (χ4n) is 2.40. The van der Waals surface area contributed by atoms with Gasteiger partial charge in [-0.1, -0.05) is 30.7 Å². The van der Waals surface area contributed by atoms with Crippen molar-refractivity contribution in [1.82, 2.24) is 15.1 Å². The van der Waals surface area contributed by atoms with E-state index in [1.807, 2.05) is 29.9 Å². The van der Waals surface area contributed by atoms with Gasteiger partial charge in [-0.15, -0.1) is 0 Å². The third-order valence-electron chi connectivity index (χ3n) is 3.40. The van der Waals surface area contributed by atoms with Crippen molar-refractivity contribution in [2.45, 2.75) is 39.3 Å². The highest BCUT2D eigenvalue weighted by atomic mass is 35.5. The minimum atomic E-state index is 0.401. The third kappa shape index (κ3) is 4.09. The summed E-state index contributed by atoms with van der Waals surface area (Å²) in [5, 5.41) is 8.82. The van der Waals surface area contributed by atoms with Crippen LogP contribution in [0.5, 0.6) is 0 Å². The van der Waals surface area contributed by atoms with Crippen LogP contribution >= 0.6 is 11.6 Å². The van der Waals surface area contributed by atoms with Gasteiger partial charge in [0, 0.05) is 36.4 Å². The first-order valence-corrected chi connectivity index (χ1v) is 7.45. The highest BCUT2D eigenvalue weighted by Crippen LogP contribution is 2.13. The summed E-state index contributed by atoms with van der Waals surface area (Å²) in [6.45, 7) is 5.20. The number of hydrogen-bond donors (Lipinski definition) is 1. The van der Waals surface area contributed by atoms with E-state index < -0.39 is 0 Å². The first-order valence-electron chi connectivity index (χ1n) is 7.07. The topological polar surface area (TPSA) is 29.9 Å². The molecule has 0 saturated carbocycles. The number of benzene rings is 1. The van der Waals surface area contributed by atoms with E-state index in [1.54, 1.807) is 0 Å². The zero-order valence-electron chi connectivity index (χ0n) is 12.4. The summed E-state index contributed by atoms with van der Waals surface area (Å²) in [6.07, 6.45) is 4.04. The molecule has 0 radical (unpaired) electrons. The molecule has 0 spiro atoms. The molecule has 4 heteroatoms. The predicted octanol–water partition coefficient (Wildman–Crippen LogP) is 3.36. The molecule has 1 N–H and O–H groups in total. The van der Waals surface area contributed by atoms with Gasteiger partial charge in [0.2, 0.25) is 0 Å². The van der Waals surface area contributed by atoms with Crippen molar-refractivity contribution in [3.05, 3.63) is 52.3 Å². The molecule has 0 aliphatic heterocycles. The second kappa shape index (κ2) is 6.91. The van der Waals surface area contributed by atoms with Crippen LogP contribution in [0.25, 0.3) is 0 Å². The molecule has 2 rings (SSSR count). The van der Waals surface area contributed by atoms with Crippen molar-refractivity contribution in [1.29, 1.82) is 0 Å². The average molecular weight is 292 g/mol. The summed E-state index contributed by atoms with van der Waals surface area (Å²) >= 11 is 6.01. The van der Waals surface area contributed by atoms with Crippen LogP contribution in [0.2, 0.25) is 5.02 Å². The van der Waals surface area contributed by atoms with Crippen molar-refractivity contribution < 1.29 is 0 Å². The fourth-order valence-corrected chi connectivity index (χ4v) is 2.62. The highest BCUT2D eigenvalue weighted by Gasteiger charge is 2.08. The Morgan fingerprint density at radius 3 is 2.90 bits per heavy atom. The number of aryl methyl sites for hydroxylation is 2. The summed E-state index contributed by atoms with van der Waals surface area (Å²) < 4.78 is 1.89. The molecular weight excluding hydrogens is 270 g/mol. The molecule has 1 atom stereocenters. The quantitative estimate of drug-likeness (QED) is 0.884. The molecule has 0 amide bonds. The second-order valence-corrected chi connectivity index (χ2v) is 5.68. The summed E-state index contributed by atoms with van der Waals surface area (Å²) in [5.41, 5.74) is 3.72. The molecule has 1 unspecified atom stereocenters. The Labute approximate surface area is 126 Å². The van der Waals surface area contributed by atoms with E-state index in [1.165, 1.54) is 16.8 Å². The Morgan fingerprint density at radius 2 is 2.20 bits per heavy atom. The molecule has 1 aromatic heterocycles. The molecule has 20 heavy (non-hydrogen) atoms. The molecule has 3 nitrogen and oxygen atoms in total. The van der Waals surface area contributed by atoms with Gasteiger partial charge < -0.3 is 5.32 Å². The van der Waals surface area contributed by atoms with Crippen molar-refractivity contribution in [2.75, 3.05) is 0 Å². The number of aromatic nitrogens is 2. The SMILES string of the molecule is CCc1nn(C)cc1CNC(C)Cc1cccc(Cl)c1. The predicted molar refractivity (Wildman–Crippen MR) is 84.0 cm³/mol. The average Bonchev–Trinajstić information content (AvgIpc) is 2.77. The second-order valence-electron chi connectivity index (χ2n) is 5.24. The van der Waals surface area contributed by atoms with Gasteiger partial charge in [-0.05, 0) is 37.5 Å². The molecule has 1 heterocycles. The largest absolute Gasteiger partial charge is 0.310 e. The van der Waals surface area contributed by atoms with Crippen LogP contribution in [0, 0.1) is 0 Å². The van der Waals surface area contributed by atoms with Gasteiger partial charge in [0.25, 0.3) is 0 Å². The lowest BCUT2D eigenvalue weighted by Gasteiger charge is -2.14. The van der Waals surface area contributed by atoms with E-state index >= 15 is 0 Å². The van der Waals surface area contributed by atoms with Gasteiger partial charge in [-0.3, -0.25) is 4.68 Å². The summed E-state index contributed by atoms with van der Waals surface area (Å²) in [6, 6.07) is 8.46. The maximum atomic E-state index is 6.01. The minimum Gasteiger partial charge on any atom is -0.310 e. The first kappa shape index (κ1) is 15.1. The van der Waals surface area contributed by atoms with Crippen LogP contribution in [-0.2, 0) is 26.4 Å². The Balaban J connectivity index is 1.90. The fraction of sp³-hybridized carbons (Fsp3) is 0.438. The molecule has 108 valence electrons. The lowest BCUT2D eigenvalue weighted by molar-refractivity contribution is 0.544. The summed E-state index contributed by atoms with van der Waals surface area (Å²) in [7, 11) is 1.97. The molecule has 0 saturated heterocycles. The van der Waals surface area contributed by atoms with E-state index in [4.69, 9.17) is 11.6 Å². The van der Waals surface area contributed by atoms with Gasteiger partial charge >= 0.3 is 0 Å². The molecule has 0 bridgehead atoms. The van der Waals surface area contributed by atoms with Crippen molar-refractivity contribution in [2.24, 2.45) is 7.05 Å². The molecule has 1 aromatic carbocycles. The lowest BCUT2D eigenvalue weighted by Crippen LogP contribution is -2.27. The van der Waals surface area contributed by atoms with Gasteiger partial charge in [-0.2, -0.15) is 5.10 Å². The number of nitrogens with zero attached hydrogens (tertiary/aromatic N) is 2. The maximum Gasteiger partial charge on any atom is 0.0666 e. The zero-order chi connectivity index (χ0) is 14.5. The lowest BCUT2D eigenvalue weighted by atomic mass is 10.1. The monoisotopic (exact) mass is 291 g/mol. The van der Waals surface area contributed by atoms with Crippen molar-refractivity contribution in [3.8, 4) is 0 Å². The zero-order valence-corrected chi connectivity index (χ0v) is 13.1. The Morgan fingerprint density at radius 1 is 1.40 bits per heavy atom. The van der Waals surface area contributed by atoms with Crippen molar-refractivity contribution >= 4 is 11.6 Å². The van der Waals surface area contributed by atoms with E-state index in [0.29, 0.717) is 6.04 Å². The van der Waals surface area contributed by atoms with E-state index in [2.05, 4.69) is 36.5 Å². The maximum absolute atomic E-state index is 6.01. The van der Waals surface area contributed by atoms with E-state index in [0.717, 1.165) is 24.4 Å². The summed E-state index contributed by atoms with van der Waals surface area (Å²) in [5.74, 6) is 0. The van der Waals surface area contributed by atoms with Crippen LogP contribution in [0.4, 0.5) is 0 Å². The molecule has 0 aliphatic carbocycles. The number of halogens is 1. The number of rotatable bonds is 6. The van der Waals surface area contributed by atoms with Gasteiger partial charge in [-0.25, -0.2) is 0 Å². The Kier molecular flexibility index (Phi) is 5.21. The van der Waals surface area contributed by atoms with E-state index in [-0.39, 0.29) is 0 Å². The Hall–Kier alpha value is -1.32. The van der Waals surface area contributed by atoms with Crippen LogP contribution in [0.1, 0.15) is 30.7 Å². The van der Waals surface area contributed by atoms with Crippen LogP contribution in [-0.4, -0.2) is 15.8 Å². The molecule has 2 aromatic rings. The number of nitrogens with one attached hydrogen (secondary N) is 1. The third-order valence-corrected chi connectivity index (χ3v) is 3.63. The summed E-state index contributed by atoms with van der Waals surface area (Å²) in [4.78, 5) is 0. The first-order chi connectivity index (χ1) is 9.58. The van der Waals surface area contributed by atoms with E-state index in [9.17, 15) is 0 Å². The minimum absolute atomic E-state index is 0.401. The highest BCUT2D eigenvalue weighted by molar-refractivity contribution is 6.30. The van der Waals surface area contributed by atoms with Crippen molar-refractivity contribution in [3.63, 3.8) is 0 Å². The number of hydrogen-bond acceptors (Lipinski definition) is 2. The molecule has 0 fully saturated rings. The molecule has 0 aliphatic rings. The van der Waals surface area contributed by atoms with Crippen LogP contribution in [0.3, 0.4) is 0 Å². The smallest absolute Gasteiger partial charge is 0.0666 e. The van der Waals surface area contributed by atoms with Crippen LogP contribution in [0.15, 0.2) is 30.5 Å². The van der Waals surface area contributed by atoms with Gasteiger partial charge in [0.1, 0.15) is 0 Å². The normalized spacial score (nSPS) is 12.6. The van der Waals surface area contributed by atoms with Gasteiger partial charge in [0.05, 0.1) is 5.69 Å². The Bertz CT molecular complexity index is 563. The molecular formula is C16H22ClN3. The van der Waals surface area contributed by atoms with Gasteiger partial charge in [0.15, 0.2) is 0 Å².